The Morgan fingerprint density at radius 1 is 1.12 bits per heavy atom. The average Bonchev–Trinajstić information content (AvgIpc) is 2.79. The summed E-state index contributed by atoms with van der Waals surface area (Å²) in [6.45, 7) is 7.10. The molecule has 1 aromatic carbocycles. The van der Waals surface area contributed by atoms with Gasteiger partial charge in [0.15, 0.2) is 5.82 Å². The Kier molecular flexibility index (Phi) is 5.60. The maximum Gasteiger partial charge on any atom is 0.266 e. The third-order valence-electron chi connectivity index (χ3n) is 6.86. The standard InChI is InChI=1S/C24H26F3N5O/c1-14(17-4-3-5-18(20(17)25)22(26)27)29-23-19-10-16(11-28-21(19)15(2)30-31-23)32-12-24(13-32)6-8-33-9-7-24/h3-5,10-11,14,22H,6-9,12-13H2,1-2H3,(H,29,31)/t14-/m1/s1. The monoisotopic (exact) mass is 457 g/mol. The number of benzene rings is 1. The second kappa shape index (κ2) is 8.44. The van der Waals surface area contributed by atoms with Crippen molar-refractivity contribution in [3.63, 3.8) is 0 Å². The third-order valence-corrected chi connectivity index (χ3v) is 6.86. The van der Waals surface area contributed by atoms with Gasteiger partial charge in [-0.1, -0.05) is 18.2 Å². The Balaban J connectivity index is 1.43. The molecule has 5 rings (SSSR count). The van der Waals surface area contributed by atoms with Gasteiger partial charge in [0.25, 0.3) is 6.43 Å². The van der Waals surface area contributed by atoms with Gasteiger partial charge in [-0.05, 0) is 32.8 Å². The number of anilines is 2. The van der Waals surface area contributed by atoms with Gasteiger partial charge in [0.1, 0.15) is 5.82 Å². The van der Waals surface area contributed by atoms with Crippen LogP contribution in [0.5, 0.6) is 0 Å². The molecule has 2 aromatic heterocycles. The van der Waals surface area contributed by atoms with Crippen LogP contribution in [0, 0.1) is 18.2 Å². The first-order chi connectivity index (χ1) is 15.9. The smallest absolute Gasteiger partial charge is 0.266 e. The van der Waals surface area contributed by atoms with Gasteiger partial charge in [0.05, 0.1) is 34.7 Å². The SMILES string of the molecule is Cc1nnc(N[C@H](C)c2cccc(C(F)F)c2F)c2cc(N3CC4(CCOCC4)C3)cnc12. The second-order valence-electron chi connectivity index (χ2n) is 9.11. The van der Waals surface area contributed by atoms with Crippen molar-refractivity contribution in [1.29, 1.82) is 0 Å². The summed E-state index contributed by atoms with van der Waals surface area (Å²) in [6, 6.07) is 5.47. The molecule has 3 aromatic rings. The number of fused-ring (bicyclic) bond motifs is 1. The molecule has 2 fully saturated rings. The van der Waals surface area contributed by atoms with Crippen molar-refractivity contribution in [2.24, 2.45) is 5.41 Å². The van der Waals surface area contributed by atoms with Crippen LogP contribution in [0.1, 0.15) is 49.1 Å². The Morgan fingerprint density at radius 2 is 1.85 bits per heavy atom. The quantitative estimate of drug-likeness (QED) is 0.568. The van der Waals surface area contributed by atoms with Gasteiger partial charge in [-0.2, -0.15) is 5.10 Å². The first-order valence-electron chi connectivity index (χ1n) is 11.2. The number of nitrogens with zero attached hydrogens (tertiary/aromatic N) is 4. The Bertz CT molecular complexity index is 1170. The number of hydrogen-bond acceptors (Lipinski definition) is 6. The van der Waals surface area contributed by atoms with Gasteiger partial charge >= 0.3 is 0 Å². The number of ether oxygens (including phenoxy) is 1. The highest BCUT2D eigenvalue weighted by Crippen LogP contribution is 2.42. The van der Waals surface area contributed by atoms with Crippen LogP contribution in [-0.4, -0.2) is 41.5 Å². The topological polar surface area (TPSA) is 63.2 Å². The van der Waals surface area contributed by atoms with E-state index in [0.29, 0.717) is 22.4 Å². The van der Waals surface area contributed by atoms with E-state index in [1.54, 1.807) is 6.92 Å². The van der Waals surface area contributed by atoms with Crippen molar-refractivity contribution < 1.29 is 17.9 Å². The van der Waals surface area contributed by atoms with Crippen LogP contribution in [-0.2, 0) is 4.74 Å². The molecule has 1 spiro atoms. The van der Waals surface area contributed by atoms with Crippen LogP contribution in [0.4, 0.5) is 24.7 Å². The van der Waals surface area contributed by atoms with Crippen molar-refractivity contribution in [2.45, 2.75) is 39.2 Å². The number of nitrogens with one attached hydrogen (secondary N) is 1. The minimum absolute atomic E-state index is 0.150. The number of pyridine rings is 1. The lowest BCUT2D eigenvalue weighted by Crippen LogP contribution is -2.58. The lowest BCUT2D eigenvalue weighted by atomic mass is 9.73. The number of halogens is 3. The van der Waals surface area contributed by atoms with E-state index in [-0.39, 0.29) is 5.56 Å². The van der Waals surface area contributed by atoms with Gasteiger partial charge in [-0.25, -0.2) is 13.2 Å². The lowest BCUT2D eigenvalue weighted by molar-refractivity contribution is -0.000201. The van der Waals surface area contributed by atoms with Gasteiger partial charge < -0.3 is 15.0 Å². The van der Waals surface area contributed by atoms with E-state index >= 15 is 0 Å². The number of hydrogen-bond donors (Lipinski definition) is 1. The van der Waals surface area contributed by atoms with Crippen molar-refractivity contribution in [2.75, 3.05) is 36.5 Å². The van der Waals surface area contributed by atoms with E-state index in [0.717, 1.165) is 56.3 Å². The molecular weight excluding hydrogens is 431 g/mol. The summed E-state index contributed by atoms with van der Waals surface area (Å²) in [5, 5.41) is 12.4. The highest BCUT2D eigenvalue weighted by molar-refractivity contribution is 5.92. The minimum atomic E-state index is -2.88. The summed E-state index contributed by atoms with van der Waals surface area (Å²) >= 11 is 0. The van der Waals surface area contributed by atoms with E-state index in [1.807, 2.05) is 19.2 Å². The molecule has 1 N–H and O–H groups in total. The zero-order chi connectivity index (χ0) is 23.2. The molecular formula is C24H26F3N5O. The zero-order valence-corrected chi connectivity index (χ0v) is 18.6. The molecule has 1 atom stereocenters. The van der Waals surface area contributed by atoms with E-state index in [9.17, 15) is 13.2 Å². The number of aromatic nitrogens is 3. The van der Waals surface area contributed by atoms with Gasteiger partial charge in [0.2, 0.25) is 0 Å². The molecule has 33 heavy (non-hydrogen) atoms. The highest BCUT2D eigenvalue weighted by atomic mass is 19.3. The van der Waals surface area contributed by atoms with Crippen molar-refractivity contribution >= 4 is 22.4 Å². The molecule has 0 saturated carbocycles. The molecule has 4 heterocycles. The van der Waals surface area contributed by atoms with Crippen LogP contribution in [0.15, 0.2) is 30.5 Å². The fourth-order valence-electron chi connectivity index (χ4n) is 4.85. The molecule has 2 aliphatic heterocycles. The van der Waals surface area contributed by atoms with Crippen molar-refractivity contribution in [3.05, 3.63) is 53.1 Å². The Labute approximate surface area is 190 Å². The fourth-order valence-corrected chi connectivity index (χ4v) is 4.85. The second-order valence-corrected chi connectivity index (χ2v) is 9.11. The predicted octanol–water partition coefficient (Wildman–Crippen LogP) is 5.20. The van der Waals surface area contributed by atoms with Crippen molar-refractivity contribution in [1.82, 2.24) is 15.2 Å². The average molecular weight is 458 g/mol. The Hall–Kier alpha value is -2.94. The zero-order valence-electron chi connectivity index (χ0n) is 18.6. The number of alkyl halides is 2. The molecule has 0 aliphatic carbocycles. The van der Waals surface area contributed by atoms with Gasteiger partial charge in [-0.3, -0.25) is 4.98 Å². The summed E-state index contributed by atoms with van der Waals surface area (Å²) in [7, 11) is 0. The molecule has 9 heteroatoms. The number of aryl methyl sites for hydroxylation is 1. The summed E-state index contributed by atoms with van der Waals surface area (Å²) in [6.07, 6.45) is 1.12. The molecule has 2 aliphatic rings. The first-order valence-corrected chi connectivity index (χ1v) is 11.2. The minimum Gasteiger partial charge on any atom is -0.381 e. The molecule has 2 saturated heterocycles. The van der Waals surface area contributed by atoms with E-state index in [4.69, 9.17) is 4.74 Å². The van der Waals surface area contributed by atoms with E-state index in [1.165, 1.54) is 12.1 Å². The normalized spacial score (nSPS) is 18.5. The molecule has 0 amide bonds. The van der Waals surface area contributed by atoms with Crippen LogP contribution >= 0.6 is 0 Å². The first kappa shape index (κ1) is 21.9. The molecule has 6 nitrogen and oxygen atoms in total. The maximum atomic E-state index is 14.7. The molecule has 0 bridgehead atoms. The maximum absolute atomic E-state index is 14.7. The largest absolute Gasteiger partial charge is 0.381 e. The summed E-state index contributed by atoms with van der Waals surface area (Å²) in [4.78, 5) is 6.93. The van der Waals surface area contributed by atoms with E-state index < -0.39 is 23.8 Å². The molecule has 0 unspecified atom stereocenters. The summed E-state index contributed by atoms with van der Waals surface area (Å²) < 4.78 is 46.5. The van der Waals surface area contributed by atoms with Crippen molar-refractivity contribution in [3.8, 4) is 0 Å². The molecule has 174 valence electrons. The van der Waals surface area contributed by atoms with E-state index in [2.05, 4.69) is 25.4 Å². The van der Waals surface area contributed by atoms with Gasteiger partial charge in [-0.15, -0.1) is 5.10 Å². The third kappa shape index (κ3) is 3.99. The lowest BCUT2D eigenvalue weighted by Gasteiger charge is -2.53. The Morgan fingerprint density at radius 3 is 2.58 bits per heavy atom. The van der Waals surface area contributed by atoms with Crippen LogP contribution < -0.4 is 10.2 Å². The predicted molar refractivity (Wildman–Crippen MR) is 120 cm³/mol. The highest BCUT2D eigenvalue weighted by Gasteiger charge is 2.44. The summed E-state index contributed by atoms with van der Waals surface area (Å²) in [5.74, 6) is -0.460. The van der Waals surface area contributed by atoms with Crippen LogP contribution in [0.25, 0.3) is 10.9 Å². The number of rotatable bonds is 5. The van der Waals surface area contributed by atoms with Crippen LogP contribution in [0.3, 0.4) is 0 Å². The van der Waals surface area contributed by atoms with Crippen LogP contribution in [0.2, 0.25) is 0 Å². The fraction of sp³-hybridized carbons (Fsp3) is 0.458. The van der Waals surface area contributed by atoms with Gasteiger partial charge in [0, 0.05) is 42.7 Å². The molecule has 0 radical (unpaired) electrons. The summed E-state index contributed by atoms with van der Waals surface area (Å²) in [5.41, 5.74) is 2.24.